The van der Waals surface area contributed by atoms with Crippen molar-refractivity contribution in [3.05, 3.63) is 86.8 Å². The number of benzene rings is 3. The van der Waals surface area contributed by atoms with Crippen LogP contribution in [-0.2, 0) is 4.79 Å². The van der Waals surface area contributed by atoms with Crippen LogP contribution in [0.3, 0.4) is 0 Å². The first-order valence-electron chi connectivity index (χ1n) is 10.4. The number of amides is 1. The summed E-state index contributed by atoms with van der Waals surface area (Å²) in [5, 5.41) is 3.95. The van der Waals surface area contributed by atoms with Crippen LogP contribution in [0.25, 0.3) is 0 Å². The Hall–Kier alpha value is -3.17. The number of hydrogen-bond donors (Lipinski definition) is 1. The van der Waals surface area contributed by atoms with Gasteiger partial charge in [-0.2, -0.15) is 5.10 Å². The van der Waals surface area contributed by atoms with Crippen LogP contribution >= 0.6 is 31.9 Å². The summed E-state index contributed by atoms with van der Waals surface area (Å²) in [6, 6.07) is 19.0. The van der Waals surface area contributed by atoms with Crippen LogP contribution in [0.2, 0.25) is 0 Å². The number of rotatable bonds is 10. The molecule has 0 atom stereocenters. The molecule has 0 saturated heterocycles. The fourth-order valence-corrected chi connectivity index (χ4v) is 3.31. The number of hydrazone groups is 1. The summed E-state index contributed by atoms with van der Waals surface area (Å²) in [5.41, 5.74) is 3.28. The smallest absolute Gasteiger partial charge is 0.343 e. The van der Waals surface area contributed by atoms with Crippen molar-refractivity contribution in [3.8, 4) is 17.2 Å². The molecule has 0 saturated carbocycles. The van der Waals surface area contributed by atoms with Crippen molar-refractivity contribution in [3.63, 3.8) is 0 Å². The lowest BCUT2D eigenvalue weighted by Gasteiger charge is -2.09. The third kappa shape index (κ3) is 8.00. The van der Waals surface area contributed by atoms with E-state index >= 15 is 0 Å². The van der Waals surface area contributed by atoms with E-state index in [1.807, 2.05) is 19.1 Å². The zero-order valence-electron chi connectivity index (χ0n) is 18.3. The maximum atomic E-state index is 12.6. The van der Waals surface area contributed by atoms with E-state index in [1.54, 1.807) is 54.6 Å². The third-order valence-corrected chi connectivity index (χ3v) is 5.34. The fraction of sp³-hybridized carbons (Fsp3) is 0.160. The van der Waals surface area contributed by atoms with Gasteiger partial charge in [0.2, 0.25) is 0 Å². The molecule has 7 nitrogen and oxygen atoms in total. The van der Waals surface area contributed by atoms with Crippen molar-refractivity contribution >= 4 is 50.0 Å². The first-order chi connectivity index (χ1) is 16.4. The average Bonchev–Trinajstić information content (AvgIpc) is 2.84. The van der Waals surface area contributed by atoms with Gasteiger partial charge in [0.15, 0.2) is 6.61 Å². The van der Waals surface area contributed by atoms with Crippen molar-refractivity contribution in [1.82, 2.24) is 5.43 Å². The molecule has 176 valence electrons. The van der Waals surface area contributed by atoms with E-state index in [0.29, 0.717) is 35.0 Å². The van der Waals surface area contributed by atoms with E-state index in [2.05, 4.69) is 42.4 Å². The Kier molecular flexibility index (Phi) is 9.66. The normalized spacial score (nSPS) is 10.7. The molecule has 3 aromatic carbocycles. The Balaban J connectivity index is 1.59. The Labute approximate surface area is 214 Å². The second-order valence-electron chi connectivity index (χ2n) is 6.98. The Bertz CT molecular complexity index is 1150. The van der Waals surface area contributed by atoms with E-state index in [-0.39, 0.29) is 6.61 Å². The molecule has 0 aliphatic carbocycles. The molecule has 3 aromatic rings. The van der Waals surface area contributed by atoms with Crippen LogP contribution in [0.15, 0.2) is 80.8 Å². The van der Waals surface area contributed by atoms with Gasteiger partial charge in [-0.05, 0) is 73.2 Å². The van der Waals surface area contributed by atoms with Gasteiger partial charge in [-0.3, -0.25) is 4.79 Å². The number of carbonyl (C=O) groups excluding carboxylic acids is 2. The predicted molar refractivity (Wildman–Crippen MR) is 137 cm³/mol. The number of esters is 1. The maximum absolute atomic E-state index is 12.6. The Morgan fingerprint density at radius 2 is 1.56 bits per heavy atom. The van der Waals surface area contributed by atoms with Crippen molar-refractivity contribution < 1.29 is 23.8 Å². The summed E-state index contributed by atoms with van der Waals surface area (Å²) >= 11 is 6.72. The predicted octanol–water partition coefficient (Wildman–Crippen LogP) is 5.75. The summed E-state index contributed by atoms with van der Waals surface area (Å²) in [7, 11) is 0. The summed E-state index contributed by atoms with van der Waals surface area (Å²) in [5.74, 6) is 0.593. The summed E-state index contributed by atoms with van der Waals surface area (Å²) in [6.45, 7) is 2.43. The molecule has 1 N–H and O–H groups in total. The second kappa shape index (κ2) is 12.9. The lowest BCUT2D eigenvalue weighted by Crippen LogP contribution is -2.24. The molecule has 0 aromatic heterocycles. The average molecular weight is 590 g/mol. The van der Waals surface area contributed by atoms with E-state index < -0.39 is 11.9 Å². The Morgan fingerprint density at radius 1 is 0.912 bits per heavy atom. The minimum atomic E-state index is -0.522. The van der Waals surface area contributed by atoms with Gasteiger partial charge in [0.25, 0.3) is 5.91 Å². The fourth-order valence-electron chi connectivity index (χ4n) is 2.66. The van der Waals surface area contributed by atoms with E-state index in [1.165, 1.54) is 6.21 Å². The molecule has 0 aliphatic rings. The highest BCUT2D eigenvalue weighted by molar-refractivity contribution is 9.10. The van der Waals surface area contributed by atoms with Crippen LogP contribution in [-0.4, -0.2) is 31.3 Å². The number of carbonyl (C=O) groups is 2. The van der Waals surface area contributed by atoms with Crippen LogP contribution in [0.1, 0.15) is 29.3 Å². The number of nitrogens with one attached hydrogen (secondary N) is 1. The molecule has 0 unspecified atom stereocenters. The molecule has 3 rings (SSSR count). The molecule has 0 bridgehead atoms. The SMILES string of the molecule is CCCOc1ccc(C(=O)Oc2ccc(Br)cc2/C=N/NC(=O)COc2ccc(Br)cc2)cc1. The number of hydrogen-bond acceptors (Lipinski definition) is 6. The van der Waals surface area contributed by atoms with Crippen LogP contribution < -0.4 is 19.6 Å². The lowest BCUT2D eigenvalue weighted by atomic mass is 10.2. The quantitative estimate of drug-likeness (QED) is 0.141. The molecule has 0 fully saturated rings. The summed E-state index contributed by atoms with van der Waals surface area (Å²) < 4.78 is 18.2. The second-order valence-corrected chi connectivity index (χ2v) is 8.81. The molecule has 0 heterocycles. The third-order valence-electron chi connectivity index (χ3n) is 4.31. The topological polar surface area (TPSA) is 86.2 Å². The van der Waals surface area contributed by atoms with Gasteiger partial charge in [0, 0.05) is 14.5 Å². The Morgan fingerprint density at radius 3 is 2.26 bits per heavy atom. The van der Waals surface area contributed by atoms with E-state index in [4.69, 9.17) is 14.2 Å². The van der Waals surface area contributed by atoms with Gasteiger partial charge < -0.3 is 14.2 Å². The van der Waals surface area contributed by atoms with E-state index in [9.17, 15) is 9.59 Å². The molecule has 9 heteroatoms. The number of nitrogens with zero attached hydrogens (tertiary/aromatic N) is 1. The van der Waals surface area contributed by atoms with Crippen molar-refractivity contribution in [1.29, 1.82) is 0 Å². The van der Waals surface area contributed by atoms with E-state index in [0.717, 1.165) is 15.4 Å². The van der Waals surface area contributed by atoms with Crippen LogP contribution in [0.4, 0.5) is 0 Å². The van der Waals surface area contributed by atoms with Gasteiger partial charge in [0.05, 0.1) is 18.4 Å². The van der Waals surface area contributed by atoms with Crippen molar-refractivity contribution in [2.45, 2.75) is 13.3 Å². The zero-order valence-corrected chi connectivity index (χ0v) is 21.5. The lowest BCUT2D eigenvalue weighted by molar-refractivity contribution is -0.123. The van der Waals surface area contributed by atoms with Crippen LogP contribution in [0, 0.1) is 0 Å². The summed E-state index contributed by atoms with van der Waals surface area (Å²) in [4.78, 5) is 24.6. The summed E-state index contributed by atoms with van der Waals surface area (Å²) in [6.07, 6.45) is 2.29. The van der Waals surface area contributed by atoms with Gasteiger partial charge in [-0.25, -0.2) is 10.2 Å². The molecule has 0 aliphatic heterocycles. The van der Waals surface area contributed by atoms with Crippen LogP contribution in [0.5, 0.6) is 17.2 Å². The molecular weight excluding hydrogens is 568 g/mol. The molecule has 0 radical (unpaired) electrons. The molecular formula is C25H22Br2N2O5. The molecule has 0 spiro atoms. The highest BCUT2D eigenvalue weighted by Gasteiger charge is 2.12. The first-order valence-corrected chi connectivity index (χ1v) is 12.0. The van der Waals surface area contributed by atoms with Gasteiger partial charge in [0.1, 0.15) is 17.2 Å². The largest absolute Gasteiger partial charge is 0.494 e. The molecule has 1 amide bonds. The molecule has 34 heavy (non-hydrogen) atoms. The highest BCUT2D eigenvalue weighted by atomic mass is 79.9. The van der Waals surface area contributed by atoms with Crippen molar-refractivity contribution in [2.24, 2.45) is 5.10 Å². The van der Waals surface area contributed by atoms with Crippen molar-refractivity contribution in [2.75, 3.05) is 13.2 Å². The number of halogens is 2. The van der Waals surface area contributed by atoms with Gasteiger partial charge in [-0.1, -0.05) is 38.8 Å². The standard InChI is InChI=1S/C25H22Br2N2O5/c1-2-13-32-21-8-3-17(4-9-21)25(31)34-23-12-7-20(27)14-18(23)15-28-29-24(30)16-33-22-10-5-19(26)6-11-22/h3-12,14-15H,2,13,16H2,1H3,(H,29,30)/b28-15+. The minimum Gasteiger partial charge on any atom is -0.494 e. The zero-order chi connectivity index (χ0) is 24.3. The van der Waals surface area contributed by atoms with Gasteiger partial charge in [-0.15, -0.1) is 0 Å². The maximum Gasteiger partial charge on any atom is 0.343 e. The number of ether oxygens (including phenoxy) is 3. The highest BCUT2D eigenvalue weighted by Crippen LogP contribution is 2.23. The monoisotopic (exact) mass is 588 g/mol. The first kappa shape index (κ1) is 25.5. The minimum absolute atomic E-state index is 0.197. The van der Waals surface area contributed by atoms with Gasteiger partial charge >= 0.3 is 5.97 Å².